The summed E-state index contributed by atoms with van der Waals surface area (Å²) in [6.07, 6.45) is 0.264. The first-order chi connectivity index (χ1) is 15.5. The summed E-state index contributed by atoms with van der Waals surface area (Å²) in [4.78, 5) is 31.0. The number of carbonyl (C=O) groups excluding carboxylic acids is 2. The van der Waals surface area contributed by atoms with E-state index in [0.29, 0.717) is 49.2 Å². The van der Waals surface area contributed by atoms with E-state index in [1.54, 1.807) is 36.2 Å². The van der Waals surface area contributed by atoms with Crippen LogP contribution in [0.4, 0.5) is 16.2 Å². The Labute approximate surface area is 192 Å². The van der Waals surface area contributed by atoms with E-state index in [9.17, 15) is 9.59 Å². The van der Waals surface area contributed by atoms with Gasteiger partial charge in [0.15, 0.2) is 11.5 Å². The predicted molar refractivity (Wildman–Crippen MR) is 124 cm³/mol. The molecule has 2 aromatic rings. The van der Waals surface area contributed by atoms with Crippen molar-refractivity contribution in [3.05, 3.63) is 47.5 Å². The maximum atomic E-state index is 12.8. The number of benzene rings is 2. The zero-order valence-corrected chi connectivity index (χ0v) is 19.0. The lowest BCUT2D eigenvalue weighted by molar-refractivity contribution is -0.117. The van der Waals surface area contributed by atoms with Crippen LogP contribution in [0, 0.1) is 0 Å². The molecule has 1 atom stereocenters. The molecule has 0 bridgehead atoms. The molecule has 4 rings (SSSR count). The van der Waals surface area contributed by atoms with E-state index in [4.69, 9.17) is 21.1 Å². The molecule has 170 valence electrons. The molecule has 32 heavy (non-hydrogen) atoms. The van der Waals surface area contributed by atoms with Gasteiger partial charge in [-0.1, -0.05) is 23.7 Å². The fraction of sp³-hybridized carbons (Fsp3) is 0.391. The quantitative estimate of drug-likeness (QED) is 0.745. The molecule has 0 aromatic heterocycles. The molecule has 2 saturated heterocycles. The fourth-order valence-electron chi connectivity index (χ4n) is 4.17. The highest BCUT2D eigenvalue weighted by Gasteiger charge is 2.33. The number of ether oxygens (including phenoxy) is 2. The molecule has 2 aliphatic rings. The van der Waals surface area contributed by atoms with E-state index >= 15 is 0 Å². The van der Waals surface area contributed by atoms with E-state index in [1.807, 2.05) is 30.3 Å². The maximum absolute atomic E-state index is 12.8. The number of methoxy groups -OCH3 is 2. The molecule has 0 unspecified atom stereocenters. The van der Waals surface area contributed by atoms with Crippen LogP contribution in [-0.2, 0) is 4.79 Å². The van der Waals surface area contributed by atoms with E-state index in [-0.39, 0.29) is 24.4 Å². The monoisotopic (exact) mass is 458 g/mol. The molecule has 0 radical (unpaired) electrons. The number of halogens is 1. The van der Waals surface area contributed by atoms with Crippen LogP contribution in [0.25, 0.3) is 0 Å². The van der Waals surface area contributed by atoms with Gasteiger partial charge in [-0.05, 0) is 24.3 Å². The number of rotatable bonds is 5. The third kappa shape index (κ3) is 4.55. The minimum atomic E-state index is -0.246. The average Bonchev–Trinajstić information content (AvgIpc) is 3.18. The number of anilines is 2. The molecule has 0 spiro atoms. The average molecular weight is 459 g/mol. The summed E-state index contributed by atoms with van der Waals surface area (Å²) < 4.78 is 10.6. The van der Waals surface area contributed by atoms with Gasteiger partial charge in [0.05, 0.1) is 31.0 Å². The lowest BCUT2D eigenvalue weighted by atomic mass is 10.2. The van der Waals surface area contributed by atoms with Gasteiger partial charge >= 0.3 is 6.03 Å². The Hall–Kier alpha value is -3.13. The van der Waals surface area contributed by atoms with Gasteiger partial charge in [0.2, 0.25) is 5.91 Å². The molecular formula is C23H27ClN4O4. The first kappa shape index (κ1) is 22.1. The summed E-state index contributed by atoms with van der Waals surface area (Å²) in [5, 5.41) is 3.73. The van der Waals surface area contributed by atoms with Crippen LogP contribution >= 0.6 is 11.6 Å². The van der Waals surface area contributed by atoms with Gasteiger partial charge in [-0.15, -0.1) is 0 Å². The molecular weight excluding hydrogens is 432 g/mol. The Bertz CT molecular complexity index is 994. The van der Waals surface area contributed by atoms with E-state index < -0.39 is 0 Å². The number of carbonyl (C=O) groups is 2. The largest absolute Gasteiger partial charge is 0.493 e. The van der Waals surface area contributed by atoms with Gasteiger partial charge < -0.3 is 29.5 Å². The van der Waals surface area contributed by atoms with Crippen LogP contribution in [0.5, 0.6) is 11.5 Å². The Morgan fingerprint density at radius 1 is 1.03 bits per heavy atom. The van der Waals surface area contributed by atoms with Crippen LogP contribution in [0.3, 0.4) is 0 Å². The van der Waals surface area contributed by atoms with Crippen molar-refractivity contribution in [3.63, 3.8) is 0 Å². The normalized spacial score (nSPS) is 18.7. The second-order valence-electron chi connectivity index (χ2n) is 7.82. The first-order valence-corrected chi connectivity index (χ1v) is 10.9. The lowest BCUT2D eigenvalue weighted by Crippen LogP contribution is -2.54. The molecule has 3 amide bonds. The number of nitrogens with one attached hydrogen (secondary N) is 1. The van der Waals surface area contributed by atoms with Crippen molar-refractivity contribution in [2.24, 2.45) is 0 Å². The molecule has 0 saturated carbocycles. The van der Waals surface area contributed by atoms with Gasteiger partial charge in [0.1, 0.15) is 0 Å². The zero-order valence-electron chi connectivity index (χ0n) is 18.2. The third-order valence-corrected chi connectivity index (χ3v) is 6.21. The highest BCUT2D eigenvalue weighted by atomic mass is 35.5. The highest BCUT2D eigenvalue weighted by Crippen LogP contribution is 2.33. The molecule has 8 nitrogen and oxygen atoms in total. The number of nitrogens with zero attached hydrogens (tertiary/aromatic N) is 3. The summed E-state index contributed by atoms with van der Waals surface area (Å²) in [6.45, 7) is 3.02. The highest BCUT2D eigenvalue weighted by molar-refractivity contribution is 6.33. The number of piperazine rings is 1. The summed E-state index contributed by atoms with van der Waals surface area (Å²) >= 11 is 6.30. The topological polar surface area (TPSA) is 74.4 Å². The fourth-order valence-corrected chi connectivity index (χ4v) is 4.43. The van der Waals surface area contributed by atoms with Crippen molar-refractivity contribution in [1.29, 1.82) is 0 Å². The molecule has 9 heteroatoms. The number of hydrogen-bond donors (Lipinski definition) is 1. The van der Waals surface area contributed by atoms with Crippen molar-refractivity contribution in [2.75, 3.05) is 56.7 Å². The van der Waals surface area contributed by atoms with Gasteiger partial charge in [0.25, 0.3) is 0 Å². The smallest absolute Gasteiger partial charge is 0.317 e. The number of amides is 3. The molecule has 2 heterocycles. The van der Waals surface area contributed by atoms with Crippen LogP contribution in [0.2, 0.25) is 5.02 Å². The van der Waals surface area contributed by atoms with E-state index in [1.165, 1.54) is 0 Å². The Kier molecular flexibility index (Phi) is 6.60. The Morgan fingerprint density at radius 3 is 2.44 bits per heavy atom. The van der Waals surface area contributed by atoms with Crippen molar-refractivity contribution >= 4 is 34.9 Å². The predicted octanol–water partition coefficient (Wildman–Crippen LogP) is 2.99. The molecule has 0 aliphatic carbocycles. The third-order valence-electron chi connectivity index (χ3n) is 5.89. The Morgan fingerprint density at radius 2 is 1.75 bits per heavy atom. The summed E-state index contributed by atoms with van der Waals surface area (Å²) in [5.74, 6) is 1.12. The lowest BCUT2D eigenvalue weighted by Gasteiger charge is -2.36. The molecule has 2 aromatic carbocycles. The first-order valence-electron chi connectivity index (χ1n) is 10.6. The SMILES string of the molecule is COc1ccc(N2C[C@H](NC(=O)N3CCN(c4ccccc4Cl)CC3)CC2=O)cc1OC. The second kappa shape index (κ2) is 9.56. The van der Waals surface area contributed by atoms with Gasteiger partial charge in [0, 0.05) is 50.9 Å². The number of para-hydroxylation sites is 1. The van der Waals surface area contributed by atoms with Crippen LogP contribution in [0.1, 0.15) is 6.42 Å². The zero-order chi connectivity index (χ0) is 22.7. The minimum absolute atomic E-state index is 0.0361. The standard InChI is InChI=1S/C23H27ClN4O4/c1-31-20-8-7-17(14-21(20)32-2)28-15-16(13-22(28)29)25-23(30)27-11-9-26(10-12-27)19-6-4-3-5-18(19)24/h3-8,14,16H,9-13,15H2,1-2H3,(H,25,30)/t16-/m1/s1. The van der Waals surface area contributed by atoms with Crippen molar-refractivity contribution in [3.8, 4) is 11.5 Å². The summed E-state index contributed by atoms with van der Waals surface area (Å²) in [5.41, 5.74) is 1.71. The summed E-state index contributed by atoms with van der Waals surface area (Å²) in [7, 11) is 3.13. The van der Waals surface area contributed by atoms with Crippen LogP contribution in [-0.4, -0.2) is 69.8 Å². The van der Waals surface area contributed by atoms with Gasteiger partial charge in [-0.2, -0.15) is 0 Å². The van der Waals surface area contributed by atoms with Crippen molar-refractivity contribution < 1.29 is 19.1 Å². The molecule has 2 fully saturated rings. The van der Waals surface area contributed by atoms with Crippen LogP contribution < -0.4 is 24.6 Å². The van der Waals surface area contributed by atoms with Crippen molar-refractivity contribution in [2.45, 2.75) is 12.5 Å². The van der Waals surface area contributed by atoms with Crippen LogP contribution in [0.15, 0.2) is 42.5 Å². The van der Waals surface area contributed by atoms with Gasteiger partial charge in [-0.3, -0.25) is 4.79 Å². The summed E-state index contributed by atoms with van der Waals surface area (Å²) in [6, 6.07) is 12.7. The number of hydrogen-bond acceptors (Lipinski definition) is 5. The second-order valence-corrected chi connectivity index (χ2v) is 8.23. The molecule has 2 aliphatic heterocycles. The maximum Gasteiger partial charge on any atom is 0.317 e. The number of urea groups is 1. The molecule has 1 N–H and O–H groups in total. The Balaban J connectivity index is 1.33. The van der Waals surface area contributed by atoms with Crippen molar-refractivity contribution in [1.82, 2.24) is 10.2 Å². The van der Waals surface area contributed by atoms with E-state index in [0.717, 1.165) is 11.4 Å². The minimum Gasteiger partial charge on any atom is -0.493 e. The van der Waals surface area contributed by atoms with Gasteiger partial charge in [-0.25, -0.2) is 4.79 Å². The van der Waals surface area contributed by atoms with E-state index in [2.05, 4.69) is 10.2 Å².